The highest BCUT2D eigenvalue weighted by Gasteiger charge is 2.51. The predicted molar refractivity (Wildman–Crippen MR) is 91.7 cm³/mol. The SMILES string of the molecule is CCC[C@H]1C[C@]2(C(C)Cc3ccc(OC)c(F)c3)OCOC2=CC1=O. The summed E-state index contributed by atoms with van der Waals surface area (Å²) >= 11 is 0. The number of ketones is 1. The number of halogens is 1. The molecule has 0 bridgehead atoms. The third-order valence-electron chi connectivity index (χ3n) is 5.36. The second kappa shape index (κ2) is 7.16. The minimum absolute atomic E-state index is 0.0366. The molecule has 25 heavy (non-hydrogen) atoms. The van der Waals surface area contributed by atoms with Crippen LogP contribution in [0.5, 0.6) is 5.75 Å². The van der Waals surface area contributed by atoms with Crippen LogP contribution < -0.4 is 4.74 Å². The average molecular weight is 348 g/mol. The van der Waals surface area contributed by atoms with Gasteiger partial charge in [-0.2, -0.15) is 0 Å². The fourth-order valence-electron chi connectivity index (χ4n) is 3.96. The van der Waals surface area contributed by atoms with Crippen LogP contribution in [0.4, 0.5) is 4.39 Å². The summed E-state index contributed by atoms with van der Waals surface area (Å²) in [6, 6.07) is 5.01. The van der Waals surface area contributed by atoms with E-state index in [-0.39, 0.29) is 36.0 Å². The van der Waals surface area contributed by atoms with Gasteiger partial charge < -0.3 is 14.2 Å². The Morgan fingerprint density at radius 1 is 1.44 bits per heavy atom. The first kappa shape index (κ1) is 17.9. The Hall–Kier alpha value is -1.88. The molecule has 0 aromatic heterocycles. The van der Waals surface area contributed by atoms with Crippen molar-refractivity contribution in [2.24, 2.45) is 11.8 Å². The number of carbonyl (C=O) groups excluding carboxylic acids is 1. The molecule has 1 aromatic carbocycles. The zero-order chi connectivity index (χ0) is 18.0. The van der Waals surface area contributed by atoms with Gasteiger partial charge in [0.25, 0.3) is 0 Å². The highest BCUT2D eigenvalue weighted by molar-refractivity contribution is 5.93. The zero-order valence-corrected chi connectivity index (χ0v) is 15.0. The first-order valence-corrected chi connectivity index (χ1v) is 8.85. The molecule has 3 atom stereocenters. The van der Waals surface area contributed by atoms with Crippen molar-refractivity contribution in [3.63, 3.8) is 0 Å². The molecule has 1 fully saturated rings. The van der Waals surface area contributed by atoms with Crippen LogP contribution in [0.3, 0.4) is 0 Å². The molecule has 0 amide bonds. The second-order valence-electron chi connectivity index (χ2n) is 6.97. The van der Waals surface area contributed by atoms with Gasteiger partial charge in [-0.3, -0.25) is 4.79 Å². The van der Waals surface area contributed by atoms with Gasteiger partial charge in [0.2, 0.25) is 0 Å². The third kappa shape index (κ3) is 3.30. The molecule has 0 N–H and O–H groups in total. The van der Waals surface area contributed by atoms with E-state index in [9.17, 15) is 9.18 Å². The van der Waals surface area contributed by atoms with Gasteiger partial charge in [-0.05, 0) is 42.9 Å². The van der Waals surface area contributed by atoms with E-state index in [1.165, 1.54) is 13.2 Å². The number of carbonyl (C=O) groups is 1. The molecule has 1 saturated heterocycles. The number of benzene rings is 1. The molecular weight excluding hydrogens is 323 g/mol. The van der Waals surface area contributed by atoms with Gasteiger partial charge in [-0.15, -0.1) is 0 Å². The maximum atomic E-state index is 14.0. The molecule has 1 aromatic rings. The largest absolute Gasteiger partial charge is 0.494 e. The lowest BCUT2D eigenvalue weighted by Gasteiger charge is -2.38. The summed E-state index contributed by atoms with van der Waals surface area (Å²) < 4.78 is 30.6. The Labute approximate surface area is 148 Å². The van der Waals surface area contributed by atoms with Crippen molar-refractivity contribution >= 4 is 5.78 Å². The van der Waals surface area contributed by atoms with Gasteiger partial charge in [-0.1, -0.05) is 26.3 Å². The summed E-state index contributed by atoms with van der Waals surface area (Å²) in [7, 11) is 1.45. The number of allylic oxidation sites excluding steroid dienone is 1. The lowest BCUT2D eigenvalue weighted by atomic mass is 9.71. The molecule has 1 unspecified atom stereocenters. The smallest absolute Gasteiger partial charge is 0.189 e. The van der Waals surface area contributed by atoms with E-state index in [0.717, 1.165) is 18.4 Å². The first-order valence-electron chi connectivity index (χ1n) is 8.85. The summed E-state index contributed by atoms with van der Waals surface area (Å²) in [5.74, 6) is 0.646. The quantitative estimate of drug-likeness (QED) is 0.779. The Bertz CT molecular complexity index is 684. The van der Waals surface area contributed by atoms with Crippen molar-refractivity contribution in [2.45, 2.75) is 45.1 Å². The summed E-state index contributed by atoms with van der Waals surface area (Å²) in [5.41, 5.74) is 0.281. The van der Waals surface area contributed by atoms with E-state index in [2.05, 4.69) is 13.8 Å². The normalized spacial score (nSPS) is 26.6. The van der Waals surface area contributed by atoms with Crippen molar-refractivity contribution in [1.82, 2.24) is 0 Å². The molecule has 0 radical (unpaired) electrons. The summed E-state index contributed by atoms with van der Waals surface area (Å²) in [6.07, 6.45) is 4.67. The molecular formula is C20H25FO4. The van der Waals surface area contributed by atoms with Crippen molar-refractivity contribution < 1.29 is 23.4 Å². The van der Waals surface area contributed by atoms with E-state index in [0.29, 0.717) is 18.6 Å². The van der Waals surface area contributed by atoms with Gasteiger partial charge in [0.1, 0.15) is 11.4 Å². The molecule has 3 rings (SSSR count). The minimum Gasteiger partial charge on any atom is -0.494 e. The van der Waals surface area contributed by atoms with Crippen LogP contribution in [0.1, 0.15) is 38.7 Å². The van der Waals surface area contributed by atoms with Gasteiger partial charge in [0, 0.05) is 12.0 Å². The molecule has 136 valence electrons. The number of fused-ring (bicyclic) bond motifs is 1. The number of methoxy groups -OCH3 is 1. The predicted octanol–water partition coefficient (Wildman–Crippen LogP) is 4.03. The topological polar surface area (TPSA) is 44.8 Å². The van der Waals surface area contributed by atoms with E-state index < -0.39 is 5.60 Å². The summed E-state index contributed by atoms with van der Waals surface area (Å²) in [5, 5.41) is 0. The second-order valence-corrected chi connectivity index (χ2v) is 6.97. The van der Waals surface area contributed by atoms with Crippen molar-refractivity contribution in [1.29, 1.82) is 0 Å². The van der Waals surface area contributed by atoms with Crippen LogP contribution in [0.25, 0.3) is 0 Å². The van der Waals surface area contributed by atoms with E-state index >= 15 is 0 Å². The zero-order valence-electron chi connectivity index (χ0n) is 15.0. The lowest BCUT2D eigenvalue weighted by molar-refractivity contribution is -0.123. The van der Waals surface area contributed by atoms with Gasteiger partial charge >= 0.3 is 0 Å². The Morgan fingerprint density at radius 3 is 2.92 bits per heavy atom. The molecule has 1 aliphatic carbocycles. The lowest BCUT2D eigenvalue weighted by Crippen LogP contribution is -2.45. The summed E-state index contributed by atoms with van der Waals surface area (Å²) in [4.78, 5) is 12.3. The standard InChI is InChI=1S/C20H25FO4/c1-4-5-15-11-20(19(10-17(15)22)24-12-25-20)13(2)8-14-6-7-18(23-3)16(21)9-14/h6-7,9-10,13,15H,4-5,8,11-12H2,1-3H3/t13?,15-,20+/m0/s1. The van der Waals surface area contributed by atoms with Crippen molar-refractivity contribution in [3.8, 4) is 5.75 Å². The molecule has 0 spiro atoms. The van der Waals surface area contributed by atoms with Crippen LogP contribution in [-0.2, 0) is 20.7 Å². The van der Waals surface area contributed by atoms with E-state index in [4.69, 9.17) is 14.2 Å². The maximum Gasteiger partial charge on any atom is 0.189 e. The van der Waals surface area contributed by atoms with Crippen LogP contribution in [-0.4, -0.2) is 25.3 Å². The molecule has 4 nitrogen and oxygen atoms in total. The Balaban J connectivity index is 1.84. The van der Waals surface area contributed by atoms with Gasteiger partial charge in [-0.25, -0.2) is 4.39 Å². The minimum atomic E-state index is -0.593. The fraction of sp³-hybridized carbons (Fsp3) is 0.550. The van der Waals surface area contributed by atoms with Crippen LogP contribution in [0.2, 0.25) is 0 Å². The number of ether oxygens (including phenoxy) is 3. The van der Waals surface area contributed by atoms with Crippen LogP contribution in [0.15, 0.2) is 30.0 Å². The number of hydrogen-bond acceptors (Lipinski definition) is 4. The number of hydrogen-bond donors (Lipinski definition) is 0. The van der Waals surface area contributed by atoms with Crippen molar-refractivity contribution in [3.05, 3.63) is 41.4 Å². The molecule has 0 saturated carbocycles. The Kier molecular flexibility index (Phi) is 5.13. The van der Waals surface area contributed by atoms with Crippen molar-refractivity contribution in [2.75, 3.05) is 13.9 Å². The average Bonchev–Trinajstić information content (AvgIpc) is 2.99. The molecule has 2 aliphatic rings. The Morgan fingerprint density at radius 2 is 2.24 bits per heavy atom. The number of rotatable bonds is 6. The maximum absolute atomic E-state index is 14.0. The highest BCUT2D eigenvalue weighted by Crippen LogP contribution is 2.46. The van der Waals surface area contributed by atoms with E-state index in [1.807, 2.05) is 6.07 Å². The van der Waals surface area contributed by atoms with Crippen LogP contribution >= 0.6 is 0 Å². The fourth-order valence-corrected chi connectivity index (χ4v) is 3.96. The summed E-state index contributed by atoms with van der Waals surface area (Å²) in [6.45, 7) is 4.32. The first-order chi connectivity index (χ1) is 12.0. The highest BCUT2D eigenvalue weighted by atomic mass is 19.1. The van der Waals surface area contributed by atoms with Gasteiger partial charge in [0.15, 0.2) is 24.1 Å². The van der Waals surface area contributed by atoms with Crippen LogP contribution in [0, 0.1) is 17.7 Å². The van der Waals surface area contributed by atoms with E-state index in [1.54, 1.807) is 12.1 Å². The monoisotopic (exact) mass is 348 g/mol. The molecule has 1 heterocycles. The molecule has 1 aliphatic heterocycles. The molecule has 5 heteroatoms. The van der Waals surface area contributed by atoms with Gasteiger partial charge in [0.05, 0.1) is 7.11 Å². The third-order valence-corrected chi connectivity index (χ3v) is 5.36.